The summed E-state index contributed by atoms with van der Waals surface area (Å²) in [4.78, 5) is 12.7. The van der Waals surface area contributed by atoms with Crippen molar-refractivity contribution in [3.63, 3.8) is 0 Å². The molecule has 2 aliphatic heterocycles. The van der Waals surface area contributed by atoms with Crippen molar-refractivity contribution in [2.75, 3.05) is 6.54 Å². The van der Waals surface area contributed by atoms with Crippen molar-refractivity contribution in [3.05, 3.63) is 12.2 Å². The molecule has 0 spiro atoms. The van der Waals surface area contributed by atoms with Crippen LogP contribution in [-0.2, 0) is 4.74 Å². The summed E-state index contributed by atoms with van der Waals surface area (Å²) in [5.41, 5.74) is 0. The molecule has 5 nitrogen and oxygen atoms in total. The SMILES string of the molecule is O=C1OC(C(O)O)[C@@H]2C=CCCN12. The van der Waals surface area contributed by atoms with Crippen LogP contribution >= 0.6 is 0 Å². The molecule has 72 valence electrons. The first kappa shape index (κ1) is 8.52. The summed E-state index contributed by atoms with van der Waals surface area (Å²) in [6.07, 6.45) is 1.56. The van der Waals surface area contributed by atoms with Gasteiger partial charge in [0.25, 0.3) is 0 Å². The Kier molecular flexibility index (Phi) is 1.97. The first-order valence-electron chi connectivity index (χ1n) is 4.20. The van der Waals surface area contributed by atoms with E-state index < -0.39 is 18.5 Å². The normalized spacial score (nSPS) is 32.2. The Labute approximate surface area is 75.2 Å². The minimum absolute atomic E-state index is 0.318. The van der Waals surface area contributed by atoms with Gasteiger partial charge in [0.05, 0.1) is 6.04 Å². The van der Waals surface area contributed by atoms with Crippen LogP contribution in [0.15, 0.2) is 12.2 Å². The number of cyclic esters (lactones) is 1. The first-order valence-corrected chi connectivity index (χ1v) is 4.20. The van der Waals surface area contributed by atoms with Gasteiger partial charge in [-0.1, -0.05) is 12.2 Å². The lowest BCUT2D eigenvalue weighted by atomic mass is 10.1. The van der Waals surface area contributed by atoms with E-state index in [2.05, 4.69) is 0 Å². The largest absolute Gasteiger partial charge is 0.438 e. The minimum atomic E-state index is -1.61. The van der Waals surface area contributed by atoms with E-state index in [1.54, 1.807) is 6.08 Å². The van der Waals surface area contributed by atoms with Crippen LogP contribution in [0.2, 0.25) is 0 Å². The Morgan fingerprint density at radius 1 is 1.62 bits per heavy atom. The van der Waals surface area contributed by atoms with Crippen LogP contribution in [0.4, 0.5) is 4.79 Å². The van der Waals surface area contributed by atoms with Gasteiger partial charge >= 0.3 is 6.09 Å². The van der Waals surface area contributed by atoms with E-state index in [1.165, 1.54) is 4.90 Å². The second-order valence-corrected chi connectivity index (χ2v) is 3.16. The molecule has 2 rings (SSSR count). The lowest BCUT2D eigenvalue weighted by Gasteiger charge is -2.24. The molecule has 0 aromatic heterocycles. The number of hydrogen-bond donors (Lipinski definition) is 2. The van der Waals surface area contributed by atoms with Gasteiger partial charge in [-0.05, 0) is 6.42 Å². The van der Waals surface area contributed by atoms with E-state index >= 15 is 0 Å². The molecule has 0 aliphatic carbocycles. The van der Waals surface area contributed by atoms with Gasteiger partial charge < -0.3 is 14.9 Å². The summed E-state index contributed by atoms with van der Waals surface area (Å²) in [7, 11) is 0. The molecule has 13 heavy (non-hydrogen) atoms. The van der Waals surface area contributed by atoms with E-state index in [-0.39, 0.29) is 6.04 Å². The van der Waals surface area contributed by atoms with Gasteiger partial charge in [0.15, 0.2) is 12.4 Å². The zero-order valence-electron chi connectivity index (χ0n) is 6.96. The van der Waals surface area contributed by atoms with Crippen molar-refractivity contribution < 1.29 is 19.7 Å². The number of aliphatic hydroxyl groups excluding tert-OH is 1. The molecular formula is C8H11NO4. The lowest BCUT2D eigenvalue weighted by molar-refractivity contribution is -0.115. The molecule has 0 radical (unpaired) electrons. The van der Waals surface area contributed by atoms with Gasteiger partial charge in [0.2, 0.25) is 0 Å². The average molecular weight is 185 g/mol. The molecule has 0 bridgehead atoms. The van der Waals surface area contributed by atoms with Crippen LogP contribution in [0.1, 0.15) is 6.42 Å². The first-order chi connectivity index (χ1) is 6.20. The topological polar surface area (TPSA) is 70.0 Å². The van der Waals surface area contributed by atoms with E-state index in [0.29, 0.717) is 6.54 Å². The predicted molar refractivity (Wildman–Crippen MR) is 42.7 cm³/mol. The van der Waals surface area contributed by atoms with E-state index in [1.807, 2.05) is 6.08 Å². The third-order valence-electron chi connectivity index (χ3n) is 2.33. The van der Waals surface area contributed by atoms with Crippen molar-refractivity contribution in [1.82, 2.24) is 4.90 Å². The Balaban J connectivity index is 2.21. The fourth-order valence-electron chi connectivity index (χ4n) is 1.69. The summed E-state index contributed by atoms with van der Waals surface area (Å²) in [5, 5.41) is 17.9. The van der Waals surface area contributed by atoms with Crippen LogP contribution in [0.25, 0.3) is 0 Å². The van der Waals surface area contributed by atoms with Crippen LogP contribution in [0.5, 0.6) is 0 Å². The van der Waals surface area contributed by atoms with E-state index in [9.17, 15) is 4.79 Å². The third-order valence-corrected chi connectivity index (χ3v) is 2.33. The number of fused-ring (bicyclic) bond motifs is 1. The smallest absolute Gasteiger partial charge is 0.410 e. The molecule has 1 fully saturated rings. The molecule has 1 unspecified atom stereocenters. The average Bonchev–Trinajstić information content (AvgIpc) is 2.45. The van der Waals surface area contributed by atoms with Crippen LogP contribution in [0, 0.1) is 0 Å². The number of rotatable bonds is 1. The monoisotopic (exact) mass is 185 g/mol. The maximum atomic E-state index is 11.2. The van der Waals surface area contributed by atoms with Gasteiger partial charge in [0, 0.05) is 6.54 Å². The summed E-state index contributed by atoms with van der Waals surface area (Å²) in [5.74, 6) is 0. The second-order valence-electron chi connectivity index (χ2n) is 3.16. The van der Waals surface area contributed by atoms with Crippen LogP contribution in [-0.4, -0.2) is 46.2 Å². The zero-order valence-corrected chi connectivity index (χ0v) is 6.96. The van der Waals surface area contributed by atoms with Gasteiger partial charge in [-0.2, -0.15) is 0 Å². The molecule has 5 heteroatoms. The summed E-state index contributed by atoms with van der Waals surface area (Å²) >= 11 is 0. The highest BCUT2D eigenvalue weighted by Gasteiger charge is 2.44. The van der Waals surface area contributed by atoms with Crippen molar-refractivity contribution in [2.24, 2.45) is 0 Å². The number of hydrogen-bond acceptors (Lipinski definition) is 4. The number of amides is 1. The van der Waals surface area contributed by atoms with Gasteiger partial charge in [0.1, 0.15) is 0 Å². The van der Waals surface area contributed by atoms with Crippen molar-refractivity contribution in [2.45, 2.75) is 24.9 Å². The highest BCUT2D eigenvalue weighted by atomic mass is 16.6. The van der Waals surface area contributed by atoms with Crippen LogP contribution in [0.3, 0.4) is 0 Å². The molecule has 2 atom stereocenters. The maximum Gasteiger partial charge on any atom is 0.410 e. The fourth-order valence-corrected chi connectivity index (χ4v) is 1.69. The second kappa shape index (κ2) is 3.01. The Morgan fingerprint density at radius 2 is 2.38 bits per heavy atom. The highest BCUT2D eigenvalue weighted by molar-refractivity contribution is 5.71. The molecule has 2 heterocycles. The van der Waals surface area contributed by atoms with Gasteiger partial charge in [-0.15, -0.1) is 0 Å². The molecule has 0 aromatic rings. The number of carbonyl (C=O) groups is 1. The van der Waals surface area contributed by atoms with Gasteiger partial charge in [-0.3, -0.25) is 4.90 Å². The number of aliphatic hydroxyl groups is 2. The highest BCUT2D eigenvalue weighted by Crippen LogP contribution is 2.25. The van der Waals surface area contributed by atoms with E-state index in [4.69, 9.17) is 14.9 Å². The molecule has 0 saturated carbocycles. The van der Waals surface area contributed by atoms with Gasteiger partial charge in [-0.25, -0.2) is 4.79 Å². The molecule has 1 saturated heterocycles. The molecule has 2 aliphatic rings. The maximum absolute atomic E-state index is 11.2. The number of ether oxygens (including phenoxy) is 1. The molecule has 0 aromatic carbocycles. The Hall–Kier alpha value is -1.07. The number of nitrogens with zero attached hydrogens (tertiary/aromatic N) is 1. The number of carbonyl (C=O) groups excluding carboxylic acids is 1. The van der Waals surface area contributed by atoms with Crippen LogP contribution < -0.4 is 0 Å². The van der Waals surface area contributed by atoms with E-state index in [0.717, 1.165) is 6.42 Å². The Morgan fingerprint density at radius 3 is 3.08 bits per heavy atom. The standard InChI is InChI=1S/C8H11NO4/c10-7(11)6-5-3-1-2-4-9(5)8(12)13-6/h1,3,5-7,10-11H,2,4H2/t5-,6?/m0/s1. The lowest BCUT2D eigenvalue weighted by Crippen LogP contribution is -2.42. The summed E-state index contributed by atoms with van der Waals surface area (Å²) in [6.45, 7) is 0.587. The minimum Gasteiger partial charge on any atom is -0.438 e. The quantitative estimate of drug-likeness (QED) is 0.424. The fraction of sp³-hybridized carbons (Fsp3) is 0.625. The van der Waals surface area contributed by atoms with Crippen molar-refractivity contribution >= 4 is 6.09 Å². The Bertz CT molecular complexity index is 251. The molecule has 2 N–H and O–H groups in total. The predicted octanol–water partition coefficient (Wildman–Crippen LogP) is -0.554. The summed E-state index contributed by atoms with van der Waals surface area (Å²) < 4.78 is 4.81. The van der Waals surface area contributed by atoms with Crippen molar-refractivity contribution in [3.8, 4) is 0 Å². The van der Waals surface area contributed by atoms with Crippen molar-refractivity contribution in [1.29, 1.82) is 0 Å². The molecular weight excluding hydrogens is 174 g/mol. The molecule has 1 amide bonds. The zero-order chi connectivity index (χ0) is 9.42. The summed E-state index contributed by atoms with van der Waals surface area (Å²) in [6, 6.07) is -0.318. The third kappa shape index (κ3) is 1.30.